The van der Waals surface area contributed by atoms with Gasteiger partial charge in [-0.3, -0.25) is 0 Å². The highest BCUT2D eigenvalue weighted by Crippen LogP contribution is 2.48. The lowest BCUT2D eigenvalue weighted by Crippen LogP contribution is -2.22. The first-order chi connectivity index (χ1) is 19.4. The molecule has 6 heteroatoms. The Morgan fingerprint density at radius 3 is 1.20 bits per heavy atom. The Bertz CT molecular complexity index is 1600. The molecular weight excluding hydrogens is 543 g/mol. The molecular formula is C34H28Cl2O4. The monoisotopic (exact) mass is 570 g/mol. The first-order valence-electron chi connectivity index (χ1n) is 13.5. The molecule has 0 N–H and O–H groups in total. The van der Waals surface area contributed by atoms with Gasteiger partial charge in [-0.05, 0) is 59.0 Å². The van der Waals surface area contributed by atoms with Crippen molar-refractivity contribution in [2.45, 2.75) is 25.4 Å². The third-order valence-electron chi connectivity index (χ3n) is 8.14. The summed E-state index contributed by atoms with van der Waals surface area (Å²) in [6.07, 6.45) is 0. The Balaban J connectivity index is 1.46. The summed E-state index contributed by atoms with van der Waals surface area (Å²) in [7, 11) is 0. The molecule has 7 rings (SSSR count). The van der Waals surface area contributed by atoms with E-state index < -0.39 is 11.6 Å². The lowest BCUT2D eigenvalue weighted by Gasteiger charge is -2.24. The molecule has 0 spiro atoms. The number of ether oxygens (including phenoxy) is 4. The van der Waals surface area contributed by atoms with E-state index in [4.69, 9.17) is 42.1 Å². The van der Waals surface area contributed by atoms with Crippen LogP contribution in [0.25, 0.3) is 43.8 Å². The van der Waals surface area contributed by atoms with Crippen molar-refractivity contribution in [1.82, 2.24) is 0 Å². The molecule has 5 aromatic rings. The summed E-state index contributed by atoms with van der Waals surface area (Å²) in [4.78, 5) is 0. The number of rotatable bonds is 4. The molecule has 40 heavy (non-hydrogen) atoms. The highest BCUT2D eigenvalue weighted by Gasteiger charge is 2.34. The van der Waals surface area contributed by atoms with Gasteiger partial charge < -0.3 is 18.9 Å². The average molecular weight is 572 g/mol. The average Bonchev–Trinajstić information content (AvgIpc) is 3.62. The van der Waals surface area contributed by atoms with Gasteiger partial charge in [-0.2, -0.15) is 0 Å². The van der Waals surface area contributed by atoms with Gasteiger partial charge in [0.2, 0.25) is 0 Å². The smallest absolute Gasteiger partial charge is 0.192 e. The van der Waals surface area contributed by atoms with Gasteiger partial charge in [0.1, 0.15) is 0 Å². The normalized spacial score (nSPS) is 18.1. The van der Waals surface area contributed by atoms with Crippen LogP contribution in [0.1, 0.15) is 25.0 Å². The molecule has 4 nitrogen and oxygen atoms in total. The largest absolute Gasteiger partial charge is 0.344 e. The van der Waals surface area contributed by atoms with Crippen molar-refractivity contribution in [3.05, 3.63) is 106 Å². The van der Waals surface area contributed by atoms with Crippen LogP contribution in [0.3, 0.4) is 0 Å². The summed E-state index contributed by atoms with van der Waals surface area (Å²) in [6.45, 7) is 6.27. The van der Waals surface area contributed by atoms with Gasteiger partial charge in [-0.15, -0.1) is 0 Å². The Morgan fingerprint density at radius 2 is 0.850 bits per heavy atom. The number of fused-ring (bicyclic) bond motifs is 2. The Kier molecular flexibility index (Phi) is 6.39. The Hall–Kier alpha value is -2.96. The second-order valence-corrected chi connectivity index (χ2v) is 11.3. The van der Waals surface area contributed by atoms with Crippen LogP contribution < -0.4 is 0 Å². The lowest BCUT2D eigenvalue weighted by atomic mass is 9.85. The maximum Gasteiger partial charge on any atom is 0.192 e. The molecule has 5 aromatic carbocycles. The van der Waals surface area contributed by atoms with Crippen molar-refractivity contribution in [2.24, 2.45) is 0 Å². The first kappa shape index (κ1) is 26.0. The third kappa shape index (κ3) is 4.14. The van der Waals surface area contributed by atoms with Crippen LogP contribution in [0.4, 0.5) is 0 Å². The van der Waals surface area contributed by atoms with Crippen molar-refractivity contribution >= 4 is 44.7 Å². The van der Waals surface area contributed by atoms with E-state index >= 15 is 0 Å². The Morgan fingerprint density at radius 1 is 0.500 bits per heavy atom. The van der Waals surface area contributed by atoms with Crippen LogP contribution in [0, 0.1) is 0 Å². The van der Waals surface area contributed by atoms with Gasteiger partial charge in [-0.25, -0.2) is 0 Å². The van der Waals surface area contributed by atoms with Gasteiger partial charge >= 0.3 is 0 Å². The van der Waals surface area contributed by atoms with Gasteiger partial charge in [0.25, 0.3) is 0 Å². The SMILES string of the molecule is CC1(c2ccc(-c3c4cccc(Cl)c4c(-c4ccc(C5(C)OCCO5)cc4)c4cccc(Cl)c34)cc2)OCCO1. The van der Waals surface area contributed by atoms with E-state index in [1.165, 1.54) is 0 Å². The second kappa shape index (κ2) is 9.85. The summed E-state index contributed by atoms with van der Waals surface area (Å²) >= 11 is 14.0. The number of hydrogen-bond acceptors (Lipinski definition) is 4. The van der Waals surface area contributed by atoms with E-state index in [2.05, 4.69) is 60.7 Å². The van der Waals surface area contributed by atoms with Crippen LogP contribution in [-0.2, 0) is 30.5 Å². The highest BCUT2D eigenvalue weighted by atomic mass is 35.5. The minimum absolute atomic E-state index is 0.587. The number of hydrogen-bond donors (Lipinski definition) is 0. The predicted molar refractivity (Wildman–Crippen MR) is 161 cm³/mol. The number of halogens is 2. The zero-order chi connectivity index (χ0) is 27.5. The van der Waals surface area contributed by atoms with Crippen LogP contribution in [-0.4, -0.2) is 26.4 Å². The van der Waals surface area contributed by atoms with Gasteiger partial charge in [0.05, 0.1) is 26.4 Å². The van der Waals surface area contributed by atoms with Gasteiger partial charge in [-0.1, -0.05) is 96.0 Å². The van der Waals surface area contributed by atoms with E-state index in [1.54, 1.807) is 0 Å². The van der Waals surface area contributed by atoms with Crippen molar-refractivity contribution in [3.8, 4) is 22.3 Å². The third-order valence-corrected chi connectivity index (χ3v) is 8.77. The molecule has 2 aliphatic heterocycles. The molecule has 0 saturated carbocycles. The van der Waals surface area contributed by atoms with Crippen molar-refractivity contribution in [3.63, 3.8) is 0 Å². The minimum atomic E-state index is -0.731. The maximum atomic E-state index is 6.99. The van der Waals surface area contributed by atoms with Crippen molar-refractivity contribution in [2.75, 3.05) is 26.4 Å². The minimum Gasteiger partial charge on any atom is -0.344 e. The van der Waals surface area contributed by atoms with E-state index in [9.17, 15) is 0 Å². The molecule has 0 amide bonds. The number of benzene rings is 5. The fourth-order valence-electron chi connectivity index (χ4n) is 6.08. The van der Waals surface area contributed by atoms with Crippen molar-refractivity contribution < 1.29 is 18.9 Å². The fourth-order valence-corrected chi connectivity index (χ4v) is 6.62. The van der Waals surface area contributed by atoms with E-state index in [-0.39, 0.29) is 0 Å². The fraction of sp³-hybridized carbons (Fsp3) is 0.235. The van der Waals surface area contributed by atoms with Crippen LogP contribution in [0.5, 0.6) is 0 Å². The molecule has 0 aliphatic carbocycles. The summed E-state index contributed by atoms with van der Waals surface area (Å²) in [5.74, 6) is -1.46. The van der Waals surface area contributed by atoms with Crippen molar-refractivity contribution in [1.29, 1.82) is 0 Å². The van der Waals surface area contributed by atoms with E-state index in [0.29, 0.717) is 36.5 Å². The maximum absolute atomic E-state index is 6.99. The molecule has 202 valence electrons. The molecule has 2 saturated heterocycles. The predicted octanol–water partition coefficient (Wildman–Crippen LogP) is 9.07. The van der Waals surface area contributed by atoms with E-state index in [0.717, 1.165) is 54.9 Å². The summed E-state index contributed by atoms with van der Waals surface area (Å²) in [6, 6.07) is 28.9. The molecule has 2 heterocycles. The van der Waals surface area contributed by atoms with Gasteiger partial charge in [0, 0.05) is 31.9 Å². The summed E-state index contributed by atoms with van der Waals surface area (Å²) in [5.41, 5.74) is 6.13. The molecule has 2 fully saturated rings. The highest BCUT2D eigenvalue weighted by molar-refractivity contribution is 6.42. The van der Waals surface area contributed by atoms with Crippen LogP contribution in [0.2, 0.25) is 10.0 Å². The quantitative estimate of drug-likeness (QED) is 0.202. The molecule has 0 bridgehead atoms. The zero-order valence-corrected chi connectivity index (χ0v) is 23.8. The Labute approximate surface area is 243 Å². The van der Waals surface area contributed by atoms with E-state index in [1.807, 2.05) is 38.1 Å². The lowest BCUT2D eigenvalue weighted by molar-refractivity contribution is -0.150. The second-order valence-electron chi connectivity index (χ2n) is 10.5. The molecule has 0 atom stereocenters. The zero-order valence-electron chi connectivity index (χ0n) is 22.3. The van der Waals surface area contributed by atoms with Gasteiger partial charge in [0.15, 0.2) is 11.6 Å². The molecule has 2 aliphatic rings. The molecule has 0 aromatic heterocycles. The summed E-state index contributed by atoms with van der Waals surface area (Å²) in [5, 5.41) is 5.42. The van der Waals surface area contributed by atoms with Crippen LogP contribution >= 0.6 is 23.2 Å². The van der Waals surface area contributed by atoms with Crippen LogP contribution in [0.15, 0.2) is 84.9 Å². The summed E-state index contributed by atoms with van der Waals surface area (Å²) < 4.78 is 23.5. The standard InChI is InChI=1S/C34H28Cl2O4/c1-33(37-17-18-38-33)23-13-9-21(10-14-23)29-25-5-3-8-28(36)32(25)30(26-6-4-7-27(35)31(26)29)22-11-15-24(16-12-22)34(2)39-19-20-40-34/h3-16H,17-20H2,1-2H3. The topological polar surface area (TPSA) is 36.9 Å². The molecule has 0 radical (unpaired) electrons. The first-order valence-corrected chi connectivity index (χ1v) is 14.2. The molecule has 0 unspecified atom stereocenters.